The highest BCUT2D eigenvalue weighted by Crippen LogP contribution is 2.14. The summed E-state index contributed by atoms with van der Waals surface area (Å²) >= 11 is 0. The molecule has 0 heterocycles. The van der Waals surface area contributed by atoms with E-state index in [2.05, 4.69) is 5.32 Å². The van der Waals surface area contributed by atoms with Crippen LogP contribution in [-0.2, 0) is 4.79 Å². The summed E-state index contributed by atoms with van der Waals surface area (Å²) in [6.07, 6.45) is 0.689. The van der Waals surface area contributed by atoms with E-state index in [0.717, 1.165) is 5.69 Å². The van der Waals surface area contributed by atoms with E-state index in [1.54, 1.807) is 0 Å². The first kappa shape index (κ1) is 16.0. The lowest BCUT2D eigenvalue weighted by molar-refractivity contribution is -0.140. The van der Waals surface area contributed by atoms with Crippen LogP contribution in [0, 0.1) is 5.92 Å². The second-order valence-electron chi connectivity index (χ2n) is 4.73. The Morgan fingerprint density at radius 3 is 2.30 bits per heavy atom. The molecular formula is C15H22N2O3. The normalized spacial score (nSPS) is 13.3. The number of carboxylic acid groups (broad SMARTS) is 1. The van der Waals surface area contributed by atoms with Crippen LogP contribution >= 0.6 is 0 Å². The molecule has 0 aliphatic heterocycles. The van der Waals surface area contributed by atoms with Crippen molar-refractivity contribution >= 4 is 17.7 Å². The van der Waals surface area contributed by atoms with E-state index in [-0.39, 0.29) is 11.9 Å². The monoisotopic (exact) mass is 278 g/mol. The number of para-hydroxylation sites is 1. The maximum absolute atomic E-state index is 12.3. The van der Waals surface area contributed by atoms with Gasteiger partial charge in [-0.05, 0) is 25.0 Å². The molecule has 0 aliphatic carbocycles. The van der Waals surface area contributed by atoms with Gasteiger partial charge in [0, 0.05) is 12.2 Å². The van der Waals surface area contributed by atoms with Crippen LogP contribution in [-0.4, -0.2) is 29.7 Å². The Morgan fingerprint density at radius 1 is 1.25 bits per heavy atom. The Kier molecular flexibility index (Phi) is 6.03. The van der Waals surface area contributed by atoms with E-state index in [9.17, 15) is 14.7 Å². The average Bonchev–Trinajstić information content (AvgIpc) is 2.45. The molecule has 2 N–H and O–H groups in total. The van der Waals surface area contributed by atoms with Crippen molar-refractivity contribution in [3.05, 3.63) is 30.3 Å². The number of carboxylic acids is 1. The highest BCUT2D eigenvalue weighted by atomic mass is 16.4. The van der Waals surface area contributed by atoms with Crippen molar-refractivity contribution in [2.24, 2.45) is 5.92 Å². The number of carbonyl (C=O) groups is 2. The summed E-state index contributed by atoms with van der Waals surface area (Å²) < 4.78 is 0. The summed E-state index contributed by atoms with van der Waals surface area (Å²) in [5.41, 5.74) is 0.751. The third-order valence-electron chi connectivity index (χ3n) is 3.39. The minimum Gasteiger partial charge on any atom is -0.480 e. The number of nitrogens with one attached hydrogen (secondary N) is 1. The lowest BCUT2D eigenvalue weighted by Crippen LogP contribution is -2.50. The molecular weight excluding hydrogens is 256 g/mol. The molecule has 2 atom stereocenters. The molecule has 1 aromatic rings. The molecule has 0 saturated carbocycles. The predicted octanol–water partition coefficient (Wildman–Crippen LogP) is 2.72. The topological polar surface area (TPSA) is 69.6 Å². The molecule has 20 heavy (non-hydrogen) atoms. The van der Waals surface area contributed by atoms with E-state index < -0.39 is 12.0 Å². The second kappa shape index (κ2) is 7.53. The third-order valence-corrected chi connectivity index (χ3v) is 3.39. The highest BCUT2D eigenvalue weighted by Gasteiger charge is 2.27. The van der Waals surface area contributed by atoms with Crippen LogP contribution in [0.5, 0.6) is 0 Å². The number of aliphatic carboxylic acids is 1. The lowest BCUT2D eigenvalue weighted by Gasteiger charge is -2.26. The fourth-order valence-electron chi connectivity index (χ4n) is 1.95. The fourth-order valence-corrected chi connectivity index (χ4v) is 1.95. The van der Waals surface area contributed by atoms with Crippen LogP contribution in [0.3, 0.4) is 0 Å². The van der Waals surface area contributed by atoms with Crippen molar-refractivity contribution < 1.29 is 14.7 Å². The van der Waals surface area contributed by atoms with E-state index in [1.165, 1.54) is 4.90 Å². The van der Waals surface area contributed by atoms with Crippen molar-refractivity contribution in [1.29, 1.82) is 0 Å². The summed E-state index contributed by atoms with van der Waals surface area (Å²) in [5, 5.41) is 11.8. The number of rotatable bonds is 6. The number of hydrogen-bond donors (Lipinski definition) is 2. The predicted molar refractivity (Wildman–Crippen MR) is 78.9 cm³/mol. The largest absolute Gasteiger partial charge is 0.480 e. The van der Waals surface area contributed by atoms with Gasteiger partial charge in [0.1, 0.15) is 6.04 Å². The van der Waals surface area contributed by atoms with Gasteiger partial charge in [-0.1, -0.05) is 38.5 Å². The van der Waals surface area contributed by atoms with Gasteiger partial charge in [0.15, 0.2) is 0 Å². The quantitative estimate of drug-likeness (QED) is 0.840. The molecule has 2 amide bonds. The average molecular weight is 278 g/mol. The molecule has 1 rings (SSSR count). The molecule has 0 radical (unpaired) electrons. The Hall–Kier alpha value is -2.04. The molecule has 5 nitrogen and oxygen atoms in total. The van der Waals surface area contributed by atoms with Gasteiger partial charge in [-0.3, -0.25) is 4.90 Å². The zero-order valence-electron chi connectivity index (χ0n) is 12.2. The van der Waals surface area contributed by atoms with Crippen molar-refractivity contribution in [2.75, 3.05) is 11.4 Å². The van der Waals surface area contributed by atoms with Crippen molar-refractivity contribution in [1.82, 2.24) is 5.32 Å². The molecule has 0 saturated heterocycles. The molecule has 0 bridgehead atoms. The molecule has 110 valence electrons. The number of benzene rings is 1. The van der Waals surface area contributed by atoms with Gasteiger partial charge in [-0.15, -0.1) is 0 Å². The van der Waals surface area contributed by atoms with Crippen LogP contribution in [0.25, 0.3) is 0 Å². The number of carbonyl (C=O) groups excluding carboxylic acids is 1. The van der Waals surface area contributed by atoms with Crippen LogP contribution < -0.4 is 10.2 Å². The maximum Gasteiger partial charge on any atom is 0.326 e. The summed E-state index contributed by atoms with van der Waals surface area (Å²) in [6, 6.07) is 7.94. The van der Waals surface area contributed by atoms with Crippen LogP contribution in [0.15, 0.2) is 30.3 Å². The van der Waals surface area contributed by atoms with Crippen LogP contribution in [0.4, 0.5) is 10.5 Å². The van der Waals surface area contributed by atoms with Gasteiger partial charge < -0.3 is 10.4 Å². The lowest BCUT2D eigenvalue weighted by atomic mass is 9.99. The fraction of sp³-hybridized carbons (Fsp3) is 0.467. The van der Waals surface area contributed by atoms with E-state index in [1.807, 2.05) is 51.1 Å². The van der Waals surface area contributed by atoms with Crippen LogP contribution in [0.1, 0.15) is 27.2 Å². The number of hydrogen-bond acceptors (Lipinski definition) is 2. The SMILES string of the molecule is CC[C@H](C)[C@@H](NC(=O)N(CC)c1ccccc1)C(=O)O. The van der Waals surface area contributed by atoms with Gasteiger partial charge >= 0.3 is 12.0 Å². The summed E-state index contributed by atoms with van der Waals surface area (Å²) in [5.74, 6) is -1.12. The second-order valence-corrected chi connectivity index (χ2v) is 4.73. The standard InChI is InChI=1S/C15H22N2O3/c1-4-11(3)13(14(18)19)16-15(20)17(5-2)12-9-7-6-8-10-12/h6-11,13H,4-5H2,1-3H3,(H,16,20)(H,18,19)/t11-,13+/m0/s1. The van der Waals surface area contributed by atoms with Crippen molar-refractivity contribution in [2.45, 2.75) is 33.2 Å². The van der Waals surface area contributed by atoms with Gasteiger partial charge in [-0.2, -0.15) is 0 Å². The van der Waals surface area contributed by atoms with Crippen LogP contribution in [0.2, 0.25) is 0 Å². The van der Waals surface area contributed by atoms with Gasteiger partial charge in [0.05, 0.1) is 0 Å². The molecule has 0 unspecified atom stereocenters. The van der Waals surface area contributed by atoms with Crippen molar-refractivity contribution in [3.63, 3.8) is 0 Å². The Morgan fingerprint density at radius 2 is 1.85 bits per heavy atom. The molecule has 0 aliphatic rings. The van der Waals surface area contributed by atoms with Gasteiger partial charge in [0.2, 0.25) is 0 Å². The highest BCUT2D eigenvalue weighted by molar-refractivity contribution is 5.94. The van der Waals surface area contributed by atoms with E-state index >= 15 is 0 Å². The molecule has 1 aromatic carbocycles. The first-order chi connectivity index (χ1) is 9.51. The number of nitrogens with zero attached hydrogens (tertiary/aromatic N) is 1. The zero-order chi connectivity index (χ0) is 15.1. The summed E-state index contributed by atoms with van der Waals surface area (Å²) in [6.45, 7) is 6.05. The molecule has 0 spiro atoms. The first-order valence-corrected chi connectivity index (χ1v) is 6.87. The Labute approximate surface area is 119 Å². The number of urea groups is 1. The van der Waals surface area contributed by atoms with E-state index in [0.29, 0.717) is 13.0 Å². The minimum absolute atomic E-state index is 0.120. The zero-order valence-corrected chi connectivity index (χ0v) is 12.2. The maximum atomic E-state index is 12.3. The van der Waals surface area contributed by atoms with E-state index in [4.69, 9.17) is 0 Å². The summed E-state index contributed by atoms with van der Waals surface area (Å²) in [4.78, 5) is 25.0. The number of amides is 2. The summed E-state index contributed by atoms with van der Waals surface area (Å²) in [7, 11) is 0. The molecule has 5 heteroatoms. The van der Waals surface area contributed by atoms with Crippen molar-refractivity contribution in [3.8, 4) is 0 Å². The third kappa shape index (κ3) is 3.98. The van der Waals surface area contributed by atoms with Gasteiger partial charge in [-0.25, -0.2) is 9.59 Å². The Bertz CT molecular complexity index is 448. The minimum atomic E-state index is -1.00. The first-order valence-electron chi connectivity index (χ1n) is 6.87. The Balaban J connectivity index is 2.84. The molecule has 0 aromatic heterocycles. The molecule has 0 fully saturated rings. The number of anilines is 1. The van der Waals surface area contributed by atoms with Gasteiger partial charge in [0.25, 0.3) is 0 Å². The smallest absolute Gasteiger partial charge is 0.326 e.